The summed E-state index contributed by atoms with van der Waals surface area (Å²) < 4.78 is 93.7. The van der Waals surface area contributed by atoms with Gasteiger partial charge in [0.1, 0.15) is 12.4 Å². The van der Waals surface area contributed by atoms with E-state index in [2.05, 4.69) is 5.10 Å². The number of benzene rings is 2. The van der Waals surface area contributed by atoms with E-state index >= 15 is 0 Å². The molecule has 0 spiro atoms. The SMILES string of the molecule is FC(F)(F)C(F)(F)C(F)(F)N/N=C\c1ccccc1OCc1ccccc1Cl. The van der Waals surface area contributed by atoms with E-state index < -0.39 is 18.1 Å². The fourth-order valence-electron chi connectivity index (χ4n) is 1.92. The first kappa shape index (κ1) is 21.8. The molecule has 0 fully saturated rings. The Morgan fingerprint density at radius 2 is 1.54 bits per heavy atom. The summed E-state index contributed by atoms with van der Waals surface area (Å²) in [5.74, 6) is -6.18. The quantitative estimate of drug-likeness (QED) is 0.268. The Labute approximate surface area is 159 Å². The summed E-state index contributed by atoms with van der Waals surface area (Å²) in [4.78, 5) is 0. The lowest BCUT2D eigenvalue weighted by molar-refractivity contribution is -0.361. The van der Waals surface area contributed by atoms with Crippen LogP contribution in [-0.4, -0.2) is 24.4 Å². The van der Waals surface area contributed by atoms with Gasteiger partial charge in [0.05, 0.1) is 6.21 Å². The molecule has 152 valence electrons. The van der Waals surface area contributed by atoms with E-state index in [1.54, 1.807) is 30.3 Å². The van der Waals surface area contributed by atoms with E-state index in [0.717, 1.165) is 0 Å². The number of hydrogen-bond donors (Lipinski definition) is 1. The second-order valence-electron chi connectivity index (χ2n) is 5.43. The van der Waals surface area contributed by atoms with Crippen LogP contribution in [0.2, 0.25) is 5.02 Å². The molecule has 11 heteroatoms. The van der Waals surface area contributed by atoms with Crippen LogP contribution in [0.4, 0.5) is 30.7 Å². The second-order valence-corrected chi connectivity index (χ2v) is 5.84. The molecule has 0 saturated heterocycles. The van der Waals surface area contributed by atoms with Crippen molar-refractivity contribution in [1.82, 2.24) is 5.43 Å². The van der Waals surface area contributed by atoms with Crippen LogP contribution < -0.4 is 10.2 Å². The highest BCUT2D eigenvalue weighted by Crippen LogP contribution is 2.45. The van der Waals surface area contributed by atoms with Gasteiger partial charge in [0.2, 0.25) is 0 Å². The van der Waals surface area contributed by atoms with Crippen molar-refractivity contribution in [3.8, 4) is 5.75 Å². The molecular formula is C17H12ClF7N2O. The first-order valence-corrected chi connectivity index (χ1v) is 7.91. The monoisotopic (exact) mass is 428 g/mol. The third-order valence-electron chi connectivity index (χ3n) is 3.42. The lowest BCUT2D eigenvalue weighted by atomic mass is 10.2. The fourth-order valence-corrected chi connectivity index (χ4v) is 2.11. The van der Waals surface area contributed by atoms with Crippen molar-refractivity contribution in [3.63, 3.8) is 0 Å². The summed E-state index contributed by atoms with van der Waals surface area (Å²) in [6.45, 7) is 0.000258. The zero-order valence-electron chi connectivity index (χ0n) is 13.8. The minimum Gasteiger partial charge on any atom is -0.488 e. The van der Waals surface area contributed by atoms with Crippen LogP contribution in [-0.2, 0) is 6.61 Å². The zero-order valence-corrected chi connectivity index (χ0v) is 14.5. The summed E-state index contributed by atoms with van der Waals surface area (Å²) in [7, 11) is 0. The summed E-state index contributed by atoms with van der Waals surface area (Å²) >= 11 is 5.98. The van der Waals surface area contributed by atoms with Crippen molar-refractivity contribution in [3.05, 3.63) is 64.7 Å². The lowest BCUT2D eigenvalue weighted by Gasteiger charge is -2.27. The molecule has 3 nitrogen and oxygen atoms in total. The molecule has 0 amide bonds. The minimum absolute atomic E-state index is 0.000258. The number of hydrazone groups is 1. The average Bonchev–Trinajstić information content (AvgIpc) is 2.61. The molecule has 0 aliphatic rings. The molecule has 0 aromatic heterocycles. The average molecular weight is 429 g/mol. The molecule has 2 aromatic rings. The topological polar surface area (TPSA) is 33.6 Å². The molecule has 2 aromatic carbocycles. The number of hydrogen-bond acceptors (Lipinski definition) is 3. The van der Waals surface area contributed by atoms with E-state index in [1.165, 1.54) is 18.2 Å². The van der Waals surface area contributed by atoms with Gasteiger partial charge >= 0.3 is 18.1 Å². The molecule has 0 heterocycles. The van der Waals surface area contributed by atoms with Crippen molar-refractivity contribution < 1.29 is 35.5 Å². The summed E-state index contributed by atoms with van der Waals surface area (Å²) in [6, 6.07) is 6.86. The summed E-state index contributed by atoms with van der Waals surface area (Å²) in [5.41, 5.74) is 1.23. The van der Waals surface area contributed by atoms with Crippen molar-refractivity contribution in [2.45, 2.75) is 24.8 Å². The highest BCUT2D eigenvalue weighted by Gasteiger charge is 2.73. The fraction of sp³-hybridized carbons (Fsp3) is 0.235. The number of para-hydroxylation sites is 1. The van der Waals surface area contributed by atoms with E-state index in [1.807, 2.05) is 0 Å². The summed E-state index contributed by atoms with van der Waals surface area (Å²) in [6.07, 6.45) is -5.81. The summed E-state index contributed by atoms with van der Waals surface area (Å²) in [5, 5.41) is 3.24. The van der Waals surface area contributed by atoms with E-state index in [4.69, 9.17) is 16.3 Å². The Hall–Kier alpha value is -2.49. The lowest BCUT2D eigenvalue weighted by Crippen LogP contribution is -2.58. The highest BCUT2D eigenvalue weighted by atomic mass is 35.5. The van der Waals surface area contributed by atoms with Crippen LogP contribution in [0.5, 0.6) is 5.75 Å². The Kier molecular flexibility index (Phi) is 6.43. The Morgan fingerprint density at radius 1 is 0.929 bits per heavy atom. The van der Waals surface area contributed by atoms with Crippen molar-refractivity contribution >= 4 is 17.8 Å². The highest BCUT2D eigenvalue weighted by molar-refractivity contribution is 6.31. The third kappa shape index (κ3) is 4.86. The number of nitrogens with one attached hydrogen (secondary N) is 1. The van der Waals surface area contributed by atoms with Gasteiger partial charge in [-0.3, -0.25) is 0 Å². The molecule has 0 aliphatic heterocycles. The maximum atomic E-state index is 13.2. The number of halogens is 8. The van der Waals surface area contributed by atoms with Gasteiger partial charge in [-0.05, 0) is 18.2 Å². The van der Waals surface area contributed by atoms with Crippen molar-refractivity contribution in [2.75, 3.05) is 0 Å². The minimum atomic E-state index is -6.45. The van der Waals surface area contributed by atoms with Crippen LogP contribution >= 0.6 is 11.6 Å². The standard InChI is InChI=1S/C17H12ClF7N2O/c18-13-7-3-1-6-12(13)10-28-14-8-4-2-5-11(14)9-26-27-17(24,25)15(19,20)16(21,22)23/h1-9,27H,10H2/b26-9-. The van der Waals surface area contributed by atoms with Gasteiger partial charge in [0.25, 0.3) is 0 Å². The molecular weight excluding hydrogens is 417 g/mol. The van der Waals surface area contributed by atoms with E-state index in [0.29, 0.717) is 22.2 Å². The molecule has 0 saturated carbocycles. The molecule has 0 radical (unpaired) electrons. The smallest absolute Gasteiger partial charge is 0.462 e. The van der Waals surface area contributed by atoms with Gasteiger partial charge in [-0.15, -0.1) is 0 Å². The molecule has 0 aliphatic carbocycles. The Bertz CT molecular complexity index is 840. The van der Waals surface area contributed by atoms with Gasteiger partial charge in [0.15, 0.2) is 0 Å². The number of rotatable bonds is 7. The van der Waals surface area contributed by atoms with Gasteiger partial charge in [-0.1, -0.05) is 41.9 Å². The van der Waals surface area contributed by atoms with Crippen molar-refractivity contribution in [1.29, 1.82) is 0 Å². The predicted octanol–water partition coefficient (Wildman–Crippen LogP) is 5.63. The molecule has 0 atom stereocenters. The maximum Gasteiger partial charge on any atom is 0.462 e. The van der Waals surface area contributed by atoms with Crippen LogP contribution in [0.25, 0.3) is 0 Å². The van der Waals surface area contributed by atoms with E-state index in [9.17, 15) is 30.7 Å². The van der Waals surface area contributed by atoms with Crippen LogP contribution in [0, 0.1) is 0 Å². The van der Waals surface area contributed by atoms with Gasteiger partial charge in [-0.2, -0.15) is 35.8 Å². The van der Waals surface area contributed by atoms with Crippen molar-refractivity contribution in [2.24, 2.45) is 5.10 Å². The largest absolute Gasteiger partial charge is 0.488 e. The first-order chi connectivity index (χ1) is 13.0. The maximum absolute atomic E-state index is 13.2. The van der Waals surface area contributed by atoms with Crippen LogP contribution in [0.15, 0.2) is 53.6 Å². The van der Waals surface area contributed by atoms with Gasteiger partial charge in [0, 0.05) is 16.1 Å². The zero-order chi connectivity index (χ0) is 21.0. The Morgan fingerprint density at radius 3 is 2.18 bits per heavy atom. The van der Waals surface area contributed by atoms with Crippen LogP contribution in [0.1, 0.15) is 11.1 Å². The van der Waals surface area contributed by atoms with E-state index in [-0.39, 0.29) is 17.9 Å². The molecule has 0 bridgehead atoms. The van der Waals surface area contributed by atoms with Gasteiger partial charge in [-0.25, -0.2) is 5.43 Å². The first-order valence-electron chi connectivity index (χ1n) is 7.53. The second kappa shape index (κ2) is 8.26. The normalized spacial score (nSPS) is 13.0. The molecule has 0 unspecified atom stereocenters. The van der Waals surface area contributed by atoms with Crippen LogP contribution in [0.3, 0.4) is 0 Å². The third-order valence-corrected chi connectivity index (χ3v) is 3.79. The molecule has 2 rings (SSSR count). The van der Waals surface area contributed by atoms with Gasteiger partial charge < -0.3 is 4.74 Å². The molecule has 1 N–H and O–H groups in total. The number of ether oxygens (including phenoxy) is 1. The number of nitrogens with zero attached hydrogens (tertiary/aromatic N) is 1. The molecule has 28 heavy (non-hydrogen) atoms. The predicted molar refractivity (Wildman–Crippen MR) is 88.9 cm³/mol. The number of alkyl halides is 7. The Balaban J connectivity index is 2.11.